The SMILES string of the molecule is CCCCC/C=C\C=C/[C@H](O)C/C=C\C/C=C/CCCC(=O)O[C@H](COC(=O)CCCCCCCCCCCCC)COP(=O)(O)O. The minimum Gasteiger partial charge on any atom is -0.462 e. The van der Waals surface area contributed by atoms with E-state index in [2.05, 4.69) is 24.4 Å². The summed E-state index contributed by atoms with van der Waals surface area (Å²) in [6.45, 7) is 3.50. The van der Waals surface area contributed by atoms with Crippen LogP contribution in [-0.2, 0) is 28.2 Å². The summed E-state index contributed by atoms with van der Waals surface area (Å²) in [7, 11) is -4.78. The predicted molar refractivity (Wildman–Crippen MR) is 190 cm³/mol. The van der Waals surface area contributed by atoms with Gasteiger partial charge in [-0.05, 0) is 44.9 Å². The lowest BCUT2D eigenvalue weighted by atomic mass is 10.1. The van der Waals surface area contributed by atoms with Crippen molar-refractivity contribution in [2.45, 2.75) is 161 Å². The summed E-state index contributed by atoms with van der Waals surface area (Å²) in [5, 5.41) is 10.0. The molecule has 47 heavy (non-hydrogen) atoms. The van der Waals surface area contributed by atoms with Crippen LogP contribution < -0.4 is 0 Å². The zero-order chi connectivity index (χ0) is 34.9. The number of hydrogen-bond donors (Lipinski definition) is 3. The van der Waals surface area contributed by atoms with Gasteiger partial charge in [0.15, 0.2) is 6.10 Å². The van der Waals surface area contributed by atoms with Crippen LogP contribution in [0.5, 0.6) is 0 Å². The molecule has 0 aromatic rings. The zero-order valence-corrected chi connectivity index (χ0v) is 30.2. The van der Waals surface area contributed by atoms with Crippen LogP contribution in [0.25, 0.3) is 0 Å². The number of ether oxygens (including phenoxy) is 2. The first kappa shape index (κ1) is 45.0. The van der Waals surface area contributed by atoms with E-state index < -0.39 is 38.6 Å². The first-order valence-electron chi connectivity index (χ1n) is 18.0. The molecule has 0 unspecified atom stereocenters. The van der Waals surface area contributed by atoms with E-state index in [9.17, 15) is 19.3 Å². The molecule has 0 bridgehead atoms. The standard InChI is InChI=1S/C37H65O9P/c1-3-5-7-9-11-12-13-14-18-22-26-30-36(39)44-32-35(33-45-47(41,42)43)46-37(40)31-27-23-19-15-17-21-25-29-34(38)28-24-20-16-10-8-6-4-2/h15-16,19-21,24-25,28,34-35,38H,3-14,17-18,22-23,26-27,29-33H2,1-2H3,(H2,41,42,43)/b19-15+,20-16-,25-21-,28-24-/t34-,35+/m0/s1. The Balaban J connectivity index is 4.18. The molecular formula is C37H65O9P. The average molecular weight is 685 g/mol. The molecule has 0 saturated carbocycles. The van der Waals surface area contributed by atoms with Crippen LogP contribution in [0.4, 0.5) is 0 Å². The van der Waals surface area contributed by atoms with Crippen molar-refractivity contribution in [1.29, 1.82) is 0 Å². The quantitative estimate of drug-likeness (QED) is 0.0208. The van der Waals surface area contributed by atoms with Gasteiger partial charge in [0.2, 0.25) is 0 Å². The van der Waals surface area contributed by atoms with Crippen LogP contribution in [0.1, 0.15) is 149 Å². The number of hydrogen-bond acceptors (Lipinski definition) is 7. The molecule has 0 aromatic carbocycles. The summed E-state index contributed by atoms with van der Waals surface area (Å²) in [6.07, 6.45) is 34.4. The van der Waals surface area contributed by atoms with Gasteiger partial charge < -0.3 is 24.4 Å². The van der Waals surface area contributed by atoms with Gasteiger partial charge in [-0.25, -0.2) is 4.57 Å². The Hall–Kier alpha value is -2.03. The first-order valence-corrected chi connectivity index (χ1v) is 19.6. The summed E-state index contributed by atoms with van der Waals surface area (Å²) in [5.41, 5.74) is 0. The Morgan fingerprint density at radius 3 is 1.89 bits per heavy atom. The number of carbonyl (C=O) groups is 2. The molecule has 0 heterocycles. The summed E-state index contributed by atoms with van der Waals surface area (Å²) in [6, 6.07) is 0. The van der Waals surface area contributed by atoms with Gasteiger partial charge in [0.05, 0.1) is 12.7 Å². The van der Waals surface area contributed by atoms with Crippen LogP contribution in [-0.4, -0.2) is 52.3 Å². The third-order valence-electron chi connectivity index (χ3n) is 7.43. The highest BCUT2D eigenvalue weighted by Crippen LogP contribution is 2.35. The van der Waals surface area contributed by atoms with Gasteiger partial charge in [0.25, 0.3) is 0 Å². The highest BCUT2D eigenvalue weighted by Gasteiger charge is 2.22. The number of rotatable bonds is 32. The second-order valence-electron chi connectivity index (χ2n) is 12.0. The molecule has 10 heteroatoms. The van der Waals surface area contributed by atoms with Crippen molar-refractivity contribution in [3.05, 3.63) is 48.6 Å². The molecule has 2 atom stereocenters. The number of unbranched alkanes of at least 4 members (excludes halogenated alkanes) is 14. The number of aliphatic hydroxyl groups is 1. The van der Waals surface area contributed by atoms with Crippen LogP contribution in [0.2, 0.25) is 0 Å². The number of esters is 2. The smallest absolute Gasteiger partial charge is 0.462 e. The Morgan fingerprint density at radius 1 is 0.660 bits per heavy atom. The van der Waals surface area contributed by atoms with Crippen molar-refractivity contribution in [2.24, 2.45) is 0 Å². The lowest BCUT2D eigenvalue weighted by Gasteiger charge is -2.18. The highest BCUT2D eigenvalue weighted by atomic mass is 31.2. The number of carbonyl (C=O) groups excluding carboxylic acids is 2. The fraction of sp³-hybridized carbons (Fsp3) is 0.730. The van der Waals surface area contributed by atoms with Crippen molar-refractivity contribution in [1.82, 2.24) is 0 Å². The van der Waals surface area contributed by atoms with E-state index >= 15 is 0 Å². The lowest BCUT2D eigenvalue weighted by Crippen LogP contribution is -2.29. The lowest BCUT2D eigenvalue weighted by molar-refractivity contribution is -0.161. The van der Waals surface area contributed by atoms with E-state index in [4.69, 9.17) is 19.3 Å². The normalized spacial score (nSPS) is 13.7. The number of allylic oxidation sites excluding steroid dienone is 6. The van der Waals surface area contributed by atoms with Crippen LogP contribution in [0.15, 0.2) is 48.6 Å². The molecule has 0 aliphatic heterocycles. The van der Waals surface area contributed by atoms with E-state index in [-0.39, 0.29) is 19.4 Å². The minimum absolute atomic E-state index is 0.102. The molecule has 0 aliphatic rings. The molecule has 0 spiro atoms. The van der Waals surface area contributed by atoms with E-state index in [0.717, 1.165) is 25.7 Å². The van der Waals surface area contributed by atoms with E-state index in [1.165, 1.54) is 64.2 Å². The summed E-state index contributed by atoms with van der Waals surface area (Å²) in [4.78, 5) is 42.6. The molecule has 0 fully saturated rings. The predicted octanol–water partition coefficient (Wildman–Crippen LogP) is 9.37. The van der Waals surface area contributed by atoms with Gasteiger partial charge in [-0.2, -0.15) is 0 Å². The van der Waals surface area contributed by atoms with Gasteiger partial charge in [0, 0.05) is 12.8 Å². The number of phosphoric acid groups is 1. The van der Waals surface area contributed by atoms with Gasteiger partial charge in [-0.15, -0.1) is 0 Å². The first-order chi connectivity index (χ1) is 22.7. The Labute approximate surface area is 285 Å². The number of aliphatic hydroxyl groups excluding tert-OH is 1. The van der Waals surface area contributed by atoms with E-state index in [1.807, 2.05) is 36.5 Å². The van der Waals surface area contributed by atoms with Crippen LogP contribution in [0.3, 0.4) is 0 Å². The highest BCUT2D eigenvalue weighted by molar-refractivity contribution is 7.46. The van der Waals surface area contributed by atoms with Crippen LogP contribution >= 0.6 is 7.82 Å². The maximum atomic E-state index is 12.3. The molecule has 3 N–H and O–H groups in total. The van der Waals surface area contributed by atoms with E-state index in [1.54, 1.807) is 6.08 Å². The summed E-state index contributed by atoms with van der Waals surface area (Å²) >= 11 is 0. The number of phosphoric ester groups is 1. The molecule has 0 amide bonds. The van der Waals surface area contributed by atoms with Gasteiger partial charge >= 0.3 is 19.8 Å². The summed E-state index contributed by atoms with van der Waals surface area (Å²) < 4.78 is 26.2. The van der Waals surface area contributed by atoms with E-state index in [0.29, 0.717) is 32.1 Å². The Kier molecular flexibility index (Phi) is 31.1. The van der Waals surface area contributed by atoms with Crippen molar-refractivity contribution >= 4 is 19.8 Å². The molecule has 0 aromatic heterocycles. The molecule has 272 valence electrons. The topological polar surface area (TPSA) is 140 Å². The third kappa shape index (κ3) is 35.1. The molecular weight excluding hydrogens is 619 g/mol. The molecule has 0 radical (unpaired) electrons. The second kappa shape index (κ2) is 32.5. The Morgan fingerprint density at radius 2 is 1.23 bits per heavy atom. The van der Waals surface area contributed by atoms with Gasteiger partial charge in [0.1, 0.15) is 6.61 Å². The molecule has 0 saturated heterocycles. The van der Waals surface area contributed by atoms with Crippen molar-refractivity contribution in [2.75, 3.05) is 13.2 Å². The van der Waals surface area contributed by atoms with Crippen molar-refractivity contribution < 1.29 is 43.0 Å². The largest absolute Gasteiger partial charge is 0.469 e. The third-order valence-corrected chi connectivity index (χ3v) is 7.92. The minimum atomic E-state index is -4.78. The van der Waals surface area contributed by atoms with Crippen molar-refractivity contribution in [3.63, 3.8) is 0 Å². The maximum Gasteiger partial charge on any atom is 0.469 e. The maximum absolute atomic E-state index is 12.3. The van der Waals surface area contributed by atoms with Crippen LogP contribution in [0, 0.1) is 0 Å². The van der Waals surface area contributed by atoms with Gasteiger partial charge in [-0.1, -0.05) is 140 Å². The van der Waals surface area contributed by atoms with Crippen molar-refractivity contribution in [3.8, 4) is 0 Å². The molecule has 0 rings (SSSR count). The Bertz CT molecular complexity index is 923. The molecule has 0 aliphatic carbocycles. The fourth-order valence-electron chi connectivity index (χ4n) is 4.68. The summed E-state index contributed by atoms with van der Waals surface area (Å²) in [5.74, 6) is -0.995. The monoisotopic (exact) mass is 684 g/mol. The second-order valence-corrected chi connectivity index (χ2v) is 13.3. The zero-order valence-electron chi connectivity index (χ0n) is 29.3. The fourth-order valence-corrected chi connectivity index (χ4v) is 5.04. The van der Waals surface area contributed by atoms with Gasteiger partial charge in [-0.3, -0.25) is 14.1 Å². The average Bonchev–Trinajstić information content (AvgIpc) is 3.03. The molecule has 9 nitrogen and oxygen atoms in total.